The minimum atomic E-state index is 0.956. The molecule has 0 atom stereocenters. The van der Waals surface area contributed by atoms with Crippen molar-refractivity contribution in [2.75, 3.05) is 0 Å². The van der Waals surface area contributed by atoms with E-state index in [1.54, 1.807) is 24.8 Å². The van der Waals surface area contributed by atoms with Gasteiger partial charge in [0, 0.05) is 89.2 Å². The molecule has 0 unspecified atom stereocenters. The molecule has 0 amide bonds. The fraction of sp³-hybridized carbons (Fsp3) is 0. The van der Waals surface area contributed by atoms with E-state index in [1.165, 1.54) is 16.3 Å². The van der Waals surface area contributed by atoms with Crippen molar-refractivity contribution in [2.24, 2.45) is 0 Å². The van der Waals surface area contributed by atoms with E-state index in [-0.39, 0.29) is 0 Å². The van der Waals surface area contributed by atoms with E-state index in [1.807, 2.05) is 116 Å². The van der Waals surface area contributed by atoms with Crippen molar-refractivity contribution in [1.82, 2.24) is 44.9 Å². The number of rotatable bonds is 0. The maximum atomic E-state index is 4.11. The van der Waals surface area contributed by atoms with Gasteiger partial charge in [-0.1, -0.05) is 18.2 Å². The Kier molecular flexibility index (Phi) is 9.30. The maximum Gasteiger partial charge on any atom is 0.137 e. The number of H-pyrrole nitrogens is 5. The summed E-state index contributed by atoms with van der Waals surface area (Å²) >= 11 is 0. The van der Waals surface area contributed by atoms with Crippen molar-refractivity contribution in [2.45, 2.75) is 0 Å². The molecule has 0 bridgehead atoms. The molecule has 0 saturated carbocycles. The maximum absolute atomic E-state index is 4.11. The first-order valence-electron chi connectivity index (χ1n) is 14.4. The molecule has 0 aliphatic heterocycles. The van der Waals surface area contributed by atoms with Gasteiger partial charge in [0.15, 0.2) is 0 Å². The number of fused-ring (bicyclic) bond motifs is 5. The van der Waals surface area contributed by atoms with Crippen LogP contribution in [0.25, 0.3) is 54.8 Å². The predicted molar refractivity (Wildman–Crippen MR) is 183 cm³/mol. The van der Waals surface area contributed by atoms with Crippen LogP contribution in [0.2, 0.25) is 0 Å². The first-order valence-corrected chi connectivity index (χ1v) is 14.4. The fourth-order valence-corrected chi connectivity index (χ4v) is 4.55. The van der Waals surface area contributed by atoms with Crippen molar-refractivity contribution < 1.29 is 0 Å². The summed E-state index contributed by atoms with van der Waals surface area (Å²) in [5.41, 5.74) is 6.52. The Bertz CT molecular complexity index is 1790. The highest BCUT2D eigenvalue weighted by molar-refractivity contribution is 5.79. The Labute approximate surface area is 258 Å². The van der Waals surface area contributed by atoms with E-state index in [4.69, 9.17) is 0 Å². The number of pyridine rings is 4. The van der Waals surface area contributed by atoms with E-state index in [9.17, 15) is 0 Å². The van der Waals surface area contributed by atoms with Gasteiger partial charge >= 0.3 is 0 Å². The topological polar surface area (TPSA) is 131 Å². The number of hydrogen-bond donors (Lipinski definition) is 5. The third-order valence-electron chi connectivity index (χ3n) is 6.81. The van der Waals surface area contributed by atoms with Gasteiger partial charge in [-0.3, -0.25) is 15.0 Å². The minimum absolute atomic E-state index is 0.956. The molecule has 220 valence electrons. The van der Waals surface area contributed by atoms with Crippen LogP contribution in [0.1, 0.15) is 0 Å². The number of hydrogen-bond acceptors (Lipinski definition) is 4. The van der Waals surface area contributed by atoms with Gasteiger partial charge in [-0.25, -0.2) is 4.98 Å². The van der Waals surface area contributed by atoms with Crippen molar-refractivity contribution in [3.63, 3.8) is 0 Å². The van der Waals surface area contributed by atoms with Gasteiger partial charge in [-0.05, 0) is 78.2 Å². The lowest BCUT2D eigenvalue weighted by molar-refractivity contribution is 1.33. The molecule has 0 spiro atoms. The van der Waals surface area contributed by atoms with Gasteiger partial charge in [-0.15, -0.1) is 0 Å². The molecule has 9 heterocycles. The number of aromatic amines is 5. The van der Waals surface area contributed by atoms with Crippen molar-refractivity contribution in [3.05, 3.63) is 159 Å². The quantitative estimate of drug-likeness (QED) is 0.121. The van der Waals surface area contributed by atoms with Gasteiger partial charge < -0.3 is 24.9 Å². The zero-order valence-corrected chi connectivity index (χ0v) is 24.3. The van der Waals surface area contributed by atoms with Crippen LogP contribution in [0.5, 0.6) is 0 Å². The summed E-state index contributed by atoms with van der Waals surface area (Å²) in [6, 6.07) is 30.1. The normalized spacial score (nSPS) is 10.2. The molecule has 45 heavy (non-hydrogen) atoms. The highest BCUT2D eigenvalue weighted by Crippen LogP contribution is 2.10. The Morgan fingerprint density at radius 3 is 1.73 bits per heavy atom. The second-order valence-corrected chi connectivity index (χ2v) is 9.78. The average molecular weight is 590 g/mol. The molecule has 5 N–H and O–H groups in total. The SMILES string of the molecule is c1cc2[nH]ccc2cn1.c1cc2cc[nH]c2cn1.c1ccc2[nH]ccc2c1.c1cnc2[nH]ccc2c1.c1cnc2cc[nH]c2c1. The van der Waals surface area contributed by atoms with E-state index < -0.39 is 0 Å². The van der Waals surface area contributed by atoms with Gasteiger partial charge in [0.1, 0.15) is 5.65 Å². The van der Waals surface area contributed by atoms with Crippen LogP contribution in [0.3, 0.4) is 0 Å². The molecule has 0 fully saturated rings. The van der Waals surface area contributed by atoms with Crippen LogP contribution >= 0.6 is 0 Å². The molecular weight excluding hydrogens is 558 g/mol. The molecule has 10 aromatic rings. The minimum Gasteiger partial charge on any atom is -0.361 e. The Hall–Kier alpha value is -6.48. The second-order valence-electron chi connectivity index (χ2n) is 9.78. The largest absolute Gasteiger partial charge is 0.361 e. The summed E-state index contributed by atoms with van der Waals surface area (Å²) in [7, 11) is 0. The molecule has 9 aromatic heterocycles. The van der Waals surface area contributed by atoms with Gasteiger partial charge in [0.2, 0.25) is 0 Å². The highest BCUT2D eigenvalue weighted by Gasteiger charge is 1.91. The molecule has 1 aromatic carbocycles. The van der Waals surface area contributed by atoms with Gasteiger partial charge in [0.25, 0.3) is 0 Å². The molecule has 10 rings (SSSR count). The van der Waals surface area contributed by atoms with E-state index in [0.29, 0.717) is 0 Å². The summed E-state index contributed by atoms with van der Waals surface area (Å²) in [5, 5.41) is 4.82. The summed E-state index contributed by atoms with van der Waals surface area (Å²) in [5.74, 6) is 0. The van der Waals surface area contributed by atoms with E-state index in [2.05, 4.69) is 63.1 Å². The number of benzene rings is 1. The second kappa shape index (κ2) is 14.6. The smallest absolute Gasteiger partial charge is 0.137 e. The molecule has 9 heteroatoms. The highest BCUT2D eigenvalue weighted by atomic mass is 14.8. The Balaban J connectivity index is 0.0000000992. The summed E-state index contributed by atoms with van der Waals surface area (Å²) in [6.45, 7) is 0. The number of nitrogens with zero attached hydrogens (tertiary/aromatic N) is 4. The Morgan fingerprint density at radius 1 is 0.356 bits per heavy atom. The lowest BCUT2D eigenvalue weighted by Crippen LogP contribution is -1.70. The molecular formula is C36H31N9. The number of aromatic nitrogens is 9. The van der Waals surface area contributed by atoms with Gasteiger partial charge in [-0.2, -0.15) is 0 Å². The zero-order valence-electron chi connectivity index (χ0n) is 24.3. The van der Waals surface area contributed by atoms with Crippen LogP contribution in [-0.2, 0) is 0 Å². The van der Waals surface area contributed by atoms with Crippen LogP contribution in [0.15, 0.2) is 159 Å². The molecule has 9 nitrogen and oxygen atoms in total. The standard InChI is InChI=1S/C8H7N.4C7H6N2/c1-2-4-8-7(3-1)5-6-9-8;1-4-9-7-2-3-8-5-6(1)7;1-3-8-5-7-6(1)2-4-9-7;1-2-6-7(8-4-1)3-5-9-6;1-2-6-3-5-9-7(6)8-4-1/h1-6,9H;3*1-5,9H;1-5H,(H,8,9). The van der Waals surface area contributed by atoms with Crippen molar-refractivity contribution in [3.8, 4) is 0 Å². The predicted octanol–water partition coefficient (Wildman–Crippen LogP) is 8.42. The van der Waals surface area contributed by atoms with E-state index >= 15 is 0 Å². The van der Waals surface area contributed by atoms with Crippen LogP contribution < -0.4 is 0 Å². The Morgan fingerprint density at radius 2 is 0.933 bits per heavy atom. The lowest BCUT2D eigenvalue weighted by Gasteiger charge is -1.83. The molecule has 0 aliphatic rings. The lowest BCUT2D eigenvalue weighted by atomic mass is 10.3. The fourth-order valence-electron chi connectivity index (χ4n) is 4.55. The summed E-state index contributed by atoms with van der Waals surface area (Å²) in [6.07, 6.45) is 20.3. The van der Waals surface area contributed by atoms with Crippen LogP contribution in [0, 0.1) is 0 Å². The van der Waals surface area contributed by atoms with Crippen molar-refractivity contribution >= 4 is 54.8 Å². The molecule has 0 aliphatic carbocycles. The van der Waals surface area contributed by atoms with E-state index in [0.717, 1.165) is 38.5 Å². The van der Waals surface area contributed by atoms with Crippen molar-refractivity contribution in [1.29, 1.82) is 0 Å². The first-order chi connectivity index (χ1) is 22.3. The molecule has 0 saturated heterocycles. The zero-order chi connectivity index (χ0) is 30.5. The van der Waals surface area contributed by atoms with Crippen LogP contribution in [0.4, 0.5) is 0 Å². The summed E-state index contributed by atoms with van der Waals surface area (Å²) < 4.78 is 0. The third kappa shape index (κ3) is 7.68. The molecule has 0 radical (unpaired) electrons. The first kappa shape index (κ1) is 28.6. The monoisotopic (exact) mass is 589 g/mol. The summed E-state index contributed by atoms with van der Waals surface area (Å²) in [4.78, 5) is 31.4. The number of para-hydroxylation sites is 1. The van der Waals surface area contributed by atoms with Crippen LogP contribution in [-0.4, -0.2) is 44.9 Å². The average Bonchev–Trinajstić information content (AvgIpc) is 3.95. The third-order valence-corrected chi connectivity index (χ3v) is 6.81. The van der Waals surface area contributed by atoms with Gasteiger partial charge in [0.05, 0.1) is 22.7 Å². The number of nitrogens with one attached hydrogen (secondary N) is 5.